The highest BCUT2D eigenvalue weighted by molar-refractivity contribution is 6.51. The van der Waals surface area contributed by atoms with Crippen LogP contribution in [0.2, 0.25) is 0 Å². The zero-order valence-corrected chi connectivity index (χ0v) is 15.1. The van der Waals surface area contributed by atoms with E-state index in [-0.39, 0.29) is 27.4 Å². The number of Topliss-reactive ketones (excluding diaryl/α,β-unsaturated/α-hetero) is 1. The zero-order chi connectivity index (χ0) is 20.7. The number of amides is 1. The summed E-state index contributed by atoms with van der Waals surface area (Å²) in [5.74, 6) is -1.11. The average Bonchev–Trinajstić information content (AvgIpc) is 3.07. The Hall–Kier alpha value is -4.27. The fourth-order valence-corrected chi connectivity index (χ4v) is 3.32. The highest BCUT2D eigenvalue weighted by atomic mass is 16.6. The average molecular weight is 390 g/mol. The van der Waals surface area contributed by atoms with Crippen molar-refractivity contribution in [3.8, 4) is 0 Å². The van der Waals surface area contributed by atoms with Gasteiger partial charge in [0.2, 0.25) is 5.78 Å². The van der Waals surface area contributed by atoms with E-state index in [0.29, 0.717) is 11.3 Å². The molecule has 0 aliphatic carbocycles. The lowest BCUT2D eigenvalue weighted by molar-refractivity contribution is -0.385. The van der Waals surface area contributed by atoms with E-state index in [2.05, 4.69) is 10.2 Å². The Morgan fingerprint density at radius 3 is 2.45 bits per heavy atom. The van der Waals surface area contributed by atoms with Crippen molar-refractivity contribution in [2.45, 2.75) is 0 Å². The number of carbonyl (C=O) groups is 2. The summed E-state index contributed by atoms with van der Waals surface area (Å²) in [6.07, 6.45) is 1.29. The van der Waals surface area contributed by atoms with E-state index < -0.39 is 22.2 Å². The van der Waals surface area contributed by atoms with Crippen LogP contribution in [0.1, 0.15) is 15.9 Å². The van der Waals surface area contributed by atoms with Gasteiger partial charge in [-0.25, -0.2) is 0 Å². The van der Waals surface area contributed by atoms with Crippen molar-refractivity contribution in [1.29, 1.82) is 0 Å². The van der Waals surface area contributed by atoms with E-state index in [1.165, 1.54) is 36.2 Å². The lowest BCUT2D eigenvalue weighted by atomic mass is 9.95. The van der Waals surface area contributed by atoms with Crippen LogP contribution in [0.3, 0.4) is 0 Å². The molecule has 3 aromatic rings. The fraction of sp³-hybridized carbons (Fsp3) is 0.0500. The lowest BCUT2D eigenvalue weighted by Crippen LogP contribution is -2.44. The Morgan fingerprint density at radius 1 is 1.00 bits per heavy atom. The number of aromatic amines is 2. The normalized spacial score (nSPS) is 16.2. The first-order chi connectivity index (χ1) is 13.9. The summed E-state index contributed by atoms with van der Waals surface area (Å²) in [6.45, 7) is 0. The predicted molar refractivity (Wildman–Crippen MR) is 105 cm³/mol. The number of nitrogens with zero attached hydrogens (tertiary/aromatic N) is 2. The molecule has 1 aliphatic heterocycles. The van der Waals surface area contributed by atoms with Crippen LogP contribution in [-0.2, 0) is 4.79 Å². The predicted octanol–water partition coefficient (Wildman–Crippen LogP) is 0.450. The van der Waals surface area contributed by atoms with Crippen molar-refractivity contribution >= 4 is 34.7 Å². The molecule has 1 aliphatic rings. The number of ketones is 1. The van der Waals surface area contributed by atoms with Crippen LogP contribution in [0.4, 0.5) is 11.4 Å². The topological polar surface area (TPSA) is 129 Å². The summed E-state index contributed by atoms with van der Waals surface area (Å²) >= 11 is 0. The number of para-hydroxylation sites is 2. The van der Waals surface area contributed by atoms with Gasteiger partial charge in [-0.3, -0.25) is 34.7 Å². The Bertz CT molecular complexity index is 1370. The van der Waals surface area contributed by atoms with Crippen molar-refractivity contribution in [1.82, 2.24) is 10.2 Å². The molecule has 0 unspecified atom stereocenters. The van der Waals surface area contributed by atoms with Gasteiger partial charge in [-0.05, 0) is 24.3 Å². The molecule has 144 valence electrons. The molecule has 29 heavy (non-hydrogen) atoms. The maximum atomic E-state index is 13.0. The molecule has 2 aromatic carbocycles. The number of aromatic nitrogens is 2. The molecule has 1 amide bonds. The van der Waals surface area contributed by atoms with Gasteiger partial charge in [-0.1, -0.05) is 24.3 Å². The summed E-state index contributed by atoms with van der Waals surface area (Å²) in [5.41, 5.74) is -0.0551. The Kier molecular flexibility index (Phi) is 4.19. The van der Waals surface area contributed by atoms with Crippen LogP contribution in [0.25, 0.3) is 11.6 Å². The summed E-state index contributed by atoms with van der Waals surface area (Å²) in [5, 5.41) is 16.2. The Labute approximate surface area is 162 Å². The fourth-order valence-electron chi connectivity index (χ4n) is 3.32. The standard InChI is InChI=1S/C20H14N4O5/c1-23-15-9-5-3-7-12(15)18(25)16(20(23)27)17-13(19(26)22-21-17)10-11-6-2-4-8-14(11)24(28)29/h2-10,21H,1H3,(H,22,26). The first-order valence-electron chi connectivity index (χ1n) is 8.58. The van der Waals surface area contributed by atoms with E-state index in [1.54, 1.807) is 30.3 Å². The van der Waals surface area contributed by atoms with Gasteiger partial charge in [0.15, 0.2) is 0 Å². The molecule has 0 bridgehead atoms. The van der Waals surface area contributed by atoms with Crippen LogP contribution in [0, 0.1) is 10.1 Å². The summed E-state index contributed by atoms with van der Waals surface area (Å²) in [4.78, 5) is 50.3. The number of rotatable bonds is 2. The van der Waals surface area contributed by atoms with Crippen LogP contribution >= 0.6 is 0 Å². The summed E-state index contributed by atoms with van der Waals surface area (Å²) < 4.78 is 0. The van der Waals surface area contributed by atoms with E-state index in [9.17, 15) is 24.5 Å². The highest BCUT2D eigenvalue weighted by Crippen LogP contribution is 2.28. The molecule has 1 aromatic heterocycles. The number of benzene rings is 2. The van der Waals surface area contributed by atoms with Gasteiger partial charge in [0, 0.05) is 18.7 Å². The summed E-state index contributed by atoms with van der Waals surface area (Å²) in [6, 6.07) is 12.5. The highest BCUT2D eigenvalue weighted by Gasteiger charge is 2.33. The van der Waals surface area contributed by atoms with Gasteiger partial charge in [-0.2, -0.15) is 0 Å². The summed E-state index contributed by atoms with van der Waals surface area (Å²) in [7, 11) is 1.53. The number of hydrogen-bond donors (Lipinski definition) is 2. The second-order valence-corrected chi connectivity index (χ2v) is 6.41. The first kappa shape index (κ1) is 18.1. The number of hydrogen-bond acceptors (Lipinski definition) is 5. The molecule has 0 atom stereocenters. The molecule has 2 N–H and O–H groups in total. The number of anilines is 1. The zero-order valence-electron chi connectivity index (χ0n) is 15.1. The number of H-pyrrole nitrogens is 2. The lowest BCUT2D eigenvalue weighted by Gasteiger charge is -2.25. The minimum absolute atomic E-state index is 0.00972. The molecule has 9 heteroatoms. The quantitative estimate of drug-likeness (QED) is 0.485. The molecule has 0 saturated carbocycles. The smallest absolute Gasteiger partial charge is 0.276 e. The third kappa shape index (κ3) is 2.85. The minimum atomic E-state index is -0.604. The maximum absolute atomic E-state index is 13.0. The van der Waals surface area contributed by atoms with Gasteiger partial charge >= 0.3 is 0 Å². The molecule has 0 fully saturated rings. The van der Waals surface area contributed by atoms with Gasteiger partial charge in [-0.15, -0.1) is 0 Å². The van der Waals surface area contributed by atoms with Crippen LogP contribution < -0.4 is 21.0 Å². The molecule has 2 heterocycles. The third-order valence-electron chi connectivity index (χ3n) is 4.75. The third-order valence-corrected chi connectivity index (χ3v) is 4.75. The molecular weight excluding hydrogens is 376 g/mol. The monoisotopic (exact) mass is 390 g/mol. The molecule has 0 spiro atoms. The van der Waals surface area contributed by atoms with Gasteiger partial charge in [0.05, 0.1) is 26.7 Å². The van der Waals surface area contributed by atoms with Crippen molar-refractivity contribution in [2.75, 3.05) is 11.9 Å². The number of fused-ring (bicyclic) bond motifs is 1. The molecule has 4 rings (SSSR count). The van der Waals surface area contributed by atoms with Crippen LogP contribution in [0.15, 0.2) is 53.3 Å². The van der Waals surface area contributed by atoms with Crippen molar-refractivity contribution in [2.24, 2.45) is 0 Å². The van der Waals surface area contributed by atoms with Crippen molar-refractivity contribution in [3.63, 3.8) is 0 Å². The second-order valence-electron chi connectivity index (χ2n) is 6.41. The van der Waals surface area contributed by atoms with Gasteiger partial charge in [0.25, 0.3) is 17.2 Å². The largest absolute Gasteiger partial charge is 0.310 e. The number of carbonyl (C=O) groups excluding carboxylic acids is 2. The number of nitro groups is 1. The first-order valence-corrected chi connectivity index (χ1v) is 8.58. The van der Waals surface area contributed by atoms with Gasteiger partial charge < -0.3 is 4.90 Å². The Balaban J connectivity index is 2.06. The van der Waals surface area contributed by atoms with Gasteiger partial charge in [0.1, 0.15) is 5.57 Å². The van der Waals surface area contributed by atoms with E-state index in [1.807, 2.05) is 0 Å². The SMILES string of the molecule is CN1C(=O)C(=c2[nH][nH]c(=O)c2=Cc2ccccc2[N+](=O)[O-])C(=O)c2ccccc21. The van der Waals surface area contributed by atoms with Crippen molar-refractivity contribution in [3.05, 3.63) is 90.7 Å². The number of nitro benzene ring substituents is 1. The maximum Gasteiger partial charge on any atom is 0.276 e. The van der Waals surface area contributed by atoms with E-state index >= 15 is 0 Å². The molecular formula is C20H14N4O5. The molecule has 9 nitrogen and oxygen atoms in total. The Morgan fingerprint density at radius 2 is 1.69 bits per heavy atom. The number of nitrogens with one attached hydrogen (secondary N) is 2. The molecule has 0 radical (unpaired) electrons. The van der Waals surface area contributed by atoms with E-state index in [4.69, 9.17) is 0 Å². The minimum Gasteiger partial charge on any atom is -0.310 e. The van der Waals surface area contributed by atoms with Crippen molar-refractivity contribution < 1.29 is 14.5 Å². The van der Waals surface area contributed by atoms with E-state index in [0.717, 1.165) is 0 Å². The molecule has 0 saturated heterocycles. The van der Waals surface area contributed by atoms with Crippen LogP contribution in [0.5, 0.6) is 0 Å². The second kappa shape index (κ2) is 6.71. The van der Waals surface area contributed by atoms with Crippen LogP contribution in [-0.4, -0.2) is 33.9 Å².